The van der Waals surface area contributed by atoms with Crippen molar-refractivity contribution in [1.82, 2.24) is 10.3 Å². The third-order valence-electron chi connectivity index (χ3n) is 3.92. The van der Waals surface area contributed by atoms with Crippen LogP contribution in [-0.4, -0.2) is 24.2 Å². The van der Waals surface area contributed by atoms with Crippen LogP contribution in [0.15, 0.2) is 0 Å². The Bertz CT molecular complexity index is 400. The molecule has 0 saturated carbocycles. The molecule has 4 heteroatoms. The average molecular weight is 266 g/mol. The molecule has 1 fully saturated rings. The normalized spacial score (nSPS) is 22.4. The minimum absolute atomic E-state index is 0.0709. The van der Waals surface area contributed by atoms with Crippen LogP contribution in [0, 0.1) is 0 Å². The third kappa shape index (κ3) is 2.22. The Morgan fingerprint density at radius 2 is 2.06 bits per heavy atom. The zero-order valence-electron chi connectivity index (χ0n) is 11.3. The van der Waals surface area contributed by atoms with Crippen LogP contribution in [-0.2, 0) is 23.1 Å². The highest BCUT2D eigenvalue weighted by atomic mass is 32.1. The Labute approximate surface area is 113 Å². The summed E-state index contributed by atoms with van der Waals surface area (Å²) in [7, 11) is 0. The molecule has 3 nitrogen and oxygen atoms in total. The van der Waals surface area contributed by atoms with E-state index >= 15 is 0 Å². The minimum atomic E-state index is 0.0709. The Kier molecular flexibility index (Phi) is 3.43. The highest BCUT2D eigenvalue weighted by Crippen LogP contribution is 2.38. The fraction of sp³-hybridized carbons (Fsp3) is 0.786. The van der Waals surface area contributed by atoms with Crippen molar-refractivity contribution >= 4 is 11.3 Å². The van der Waals surface area contributed by atoms with Crippen molar-refractivity contribution in [2.45, 2.75) is 57.5 Å². The van der Waals surface area contributed by atoms with Crippen molar-refractivity contribution in [3.63, 3.8) is 0 Å². The molecule has 0 amide bonds. The lowest BCUT2D eigenvalue weighted by Crippen LogP contribution is -2.49. The number of hydrogen-bond donors (Lipinski definition) is 1. The maximum absolute atomic E-state index is 5.54. The van der Waals surface area contributed by atoms with Gasteiger partial charge in [0, 0.05) is 24.1 Å². The van der Waals surface area contributed by atoms with Crippen LogP contribution in [0.2, 0.25) is 0 Å². The van der Waals surface area contributed by atoms with Gasteiger partial charge in [0.25, 0.3) is 0 Å². The SMILES string of the molecule is CC(C)NC1(c2nc3c(s2)CCC3)CCOCC1. The first kappa shape index (κ1) is 12.6. The van der Waals surface area contributed by atoms with E-state index in [0.29, 0.717) is 6.04 Å². The van der Waals surface area contributed by atoms with Crippen LogP contribution in [0.4, 0.5) is 0 Å². The van der Waals surface area contributed by atoms with Gasteiger partial charge in [0.2, 0.25) is 0 Å². The van der Waals surface area contributed by atoms with Gasteiger partial charge in [0.15, 0.2) is 0 Å². The zero-order chi connectivity index (χ0) is 12.6. The lowest BCUT2D eigenvalue weighted by Gasteiger charge is -2.38. The van der Waals surface area contributed by atoms with E-state index < -0.39 is 0 Å². The number of nitrogens with one attached hydrogen (secondary N) is 1. The van der Waals surface area contributed by atoms with Crippen LogP contribution >= 0.6 is 11.3 Å². The largest absolute Gasteiger partial charge is 0.381 e. The van der Waals surface area contributed by atoms with Gasteiger partial charge >= 0.3 is 0 Å². The highest BCUT2D eigenvalue weighted by molar-refractivity contribution is 7.12. The topological polar surface area (TPSA) is 34.2 Å². The number of aromatic nitrogens is 1. The molecule has 0 atom stereocenters. The molecule has 18 heavy (non-hydrogen) atoms. The molecule has 1 aliphatic carbocycles. The summed E-state index contributed by atoms with van der Waals surface area (Å²) in [6.07, 6.45) is 5.82. The summed E-state index contributed by atoms with van der Waals surface area (Å²) < 4.78 is 5.54. The molecular weight excluding hydrogens is 244 g/mol. The van der Waals surface area contributed by atoms with Gasteiger partial charge in [-0.05, 0) is 46.0 Å². The zero-order valence-corrected chi connectivity index (χ0v) is 12.1. The number of aryl methyl sites for hydroxylation is 2. The molecular formula is C14H22N2OS. The smallest absolute Gasteiger partial charge is 0.113 e. The molecule has 1 aromatic rings. The van der Waals surface area contributed by atoms with Crippen molar-refractivity contribution in [3.05, 3.63) is 15.6 Å². The summed E-state index contributed by atoms with van der Waals surface area (Å²) in [6, 6.07) is 0.488. The van der Waals surface area contributed by atoms with E-state index in [1.54, 1.807) is 0 Å². The first-order valence-corrected chi connectivity index (χ1v) is 7.86. The molecule has 1 saturated heterocycles. The number of thiazole rings is 1. The van der Waals surface area contributed by atoms with E-state index in [1.807, 2.05) is 11.3 Å². The lowest BCUT2D eigenvalue weighted by atomic mass is 9.90. The highest BCUT2D eigenvalue weighted by Gasteiger charge is 2.38. The van der Waals surface area contributed by atoms with Crippen LogP contribution in [0.1, 0.15) is 48.7 Å². The molecule has 1 N–H and O–H groups in total. The molecule has 0 spiro atoms. The Hall–Kier alpha value is -0.450. The van der Waals surface area contributed by atoms with E-state index in [9.17, 15) is 0 Å². The van der Waals surface area contributed by atoms with Gasteiger partial charge < -0.3 is 10.1 Å². The molecule has 1 aliphatic heterocycles. The summed E-state index contributed by atoms with van der Waals surface area (Å²) in [5.41, 5.74) is 1.44. The second kappa shape index (κ2) is 4.91. The van der Waals surface area contributed by atoms with Gasteiger partial charge in [0.1, 0.15) is 5.01 Å². The Morgan fingerprint density at radius 1 is 1.28 bits per heavy atom. The third-order valence-corrected chi connectivity index (χ3v) is 5.28. The number of hydrogen-bond acceptors (Lipinski definition) is 4. The summed E-state index contributed by atoms with van der Waals surface area (Å²) in [6.45, 7) is 6.14. The van der Waals surface area contributed by atoms with E-state index in [4.69, 9.17) is 9.72 Å². The van der Waals surface area contributed by atoms with Gasteiger partial charge in [-0.3, -0.25) is 0 Å². The Balaban J connectivity index is 1.91. The van der Waals surface area contributed by atoms with E-state index in [2.05, 4.69) is 19.2 Å². The maximum Gasteiger partial charge on any atom is 0.113 e. The summed E-state index contributed by atoms with van der Waals surface area (Å²) in [5, 5.41) is 5.08. The van der Waals surface area contributed by atoms with Crippen molar-refractivity contribution in [2.75, 3.05) is 13.2 Å². The first-order valence-electron chi connectivity index (χ1n) is 7.04. The fourth-order valence-corrected chi connectivity index (χ4v) is 4.45. The summed E-state index contributed by atoms with van der Waals surface area (Å²) in [5.74, 6) is 0. The van der Waals surface area contributed by atoms with E-state index in [1.165, 1.54) is 34.8 Å². The van der Waals surface area contributed by atoms with Gasteiger partial charge in [-0.25, -0.2) is 4.98 Å². The summed E-state index contributed by atoms with van der Waals surface area (Å²) >= 11 is 1.94. The van der Waals surface area contributed by atoms with E-state index in [-0.39, 0.29) is 5.54 Å². The van der Waals surface area contributed by atoms with Crippen molar-refractivity contribution in [1.29, 1.82) is 0 Å². The van der Waals surface area contributed by atoms with Crippen molar-refractivity contribution in [3.8, 4) is 0 Å². The van der Waals surface area contributed by atoms with Gasteiger partial charge in [-0.2, -0.15) is 0 Å². The van der Waals surface area contributed by atoms with Crippen molar-refractivity contribution < 1.29 is 4.74 Å². The second-order valence-electron chi connectivity index (χ2n) is 5.74. The number of rotatable bonds is 3. The van der Waals surface area contributed by atoms with Crippen LogP contribution in [0.25, 0.3) is 0 Å². The molecule has 1 aromatic heterocycles. The molecule has 2 aliphatic rings. The lowest BCUT2D eigenvalue weighted by molar-refractivity contribution is 0.0330. The first-order chi connectivity index (χ1) is 8.70. The second-order valence-corrected chi connectivity index (χ2v) is 6.82. The molecule has 100 valence electrons. The van der Waals surface area contributed by atoms with Gasteiger partial charge in [-0.15, -0.1) is 11.3 Å². The Morgan fingerprint density at radius 3 is 2.72 bits per heavy atom. The molecule has 0 bridgehead atoms. The van der Waals surface area contributed by atoms with Crippen molar-refractivity contribution in [2.24, 2.45) is 0 Å². The standard InChI is InChI=1S/C14H22N2OS/c1-10(2)16-14(6-8-17-9-7-14)13-15-11-4-3-5-12(11)18-13/h10,16H,3-9H2,1-2H3. The average Bonchev–Trinajstić information content (AvgIpc) is 2.89. The number of nitrogens with zero attached hydrogens (tertiary/aromatic N) is 1. The predicted octanol–water partition coefficient (Wildman–Crippen LogP) is 2.64. The maximum atomic E-state index is 5.54. The van der Waals surface area contributed by atoms with Crippen LogP contribution < -0.4 is 5.32 Å². The molecule has 3 rings (SSSR count). The molecule has 2 heterocycles. The van der Waals surface area contributed by atoms with Gasteiger partial charge in [0.05, 0.1) is 11.2 Å². The van der Waals surface area contributed by atoms with Crippen LogP contribution in [0.3, 0.4) is 0 Å². The predicted molar refractivity (Wildman–Crippen MR) is 74.1 cm³/mol. The molecule has 0 radical (unpaired) electrons. The number of fused-ring (bicyclic) bond motifs is 1. The summed E-state index contributed by atoms with van der Waals surface area (Å²) in [4.78, 5) is 6.47. The van der Waals surface area contributed by atoms with E-state index in [0.717, 1.165) is 26.1 Å². The molecule has 0 unspecified atom stereocenters. The van der Waals surface area contributed by atoms with Gasteiger partial charge in [-0.1, -0.05) is 0 Å². The quantitative estimate of drug-likeness (QED) is 0.913. The monoisotopic (exact) mass is 266 g/mol. The number of ether oxygens (including phenoxy) is 1. The van der Waals surface area contributed by atoms with Crippen LogP contribution in [0.5, 0.6) is 0 Å². The minimum Gasteiger partial charge on any atom is -0.381 e. The fourth-order valence-electron chi connectivity index (χ4n) is 3.09. The molecule has 0 aromatic carbocycles.